The number of Topliss-reactive ketones (excluding diaryl/α,β-unsaturated/α-hetero) is 1. The van der Waals surface area contributed by atoms with Crippen molar-refractivity contribution in [1.29, 1.82) is 0 Å². The van der Waals surface area contributed by atoms with Crippen molar-refractivity contribution < 1.29 is 47.9 Å². The molecule has 15 nitrogen and oxygen atoms in total. The Balaban J connectivity index is 0.00000470. The summed E-state index contributed by atoms with van der Waals surface area (Å²) >= 11 is 0. The van der Waals surface area contributed by atoms with Crippen LogP contribution in [0.4, 0.5) is 0 Å². The fourth-order valence-corrected chi connectivity index (χ4v) is 9.32. The van der Waals surface area contributed by atoms with E-state index in [4.69, 9.17) is 14.3 Å². The minimum atomic E-state index is -0.721. The predicted molar refractivity (Wildman–Crippen MR) is 246 cm³/mol. The van der Waals surface area contributed by atoms with Crippen LogP contribution in [-0.4, -0.2) is 132 Å². The number of unbranched alkanes of at least 4 members (excludes halogenated alkanes) is 2. The molecule has 65 heavy (non-hydrogen) atoms. The molecule has 362 valence electrons. The number of benzene rings is 1. The van der Waals surface area contributed by atoms with E-state index in [-0.39, 0.29) is 102 Å². The van der Waals surface area contributed by atoms with Gasteiger partial charge in [-0.15, -0.1) is 0 Å². The van der Waals surface area contributed by atoms with Gasteiger partial charge in [-0.3, -0.25) is 38.5 Å². The standard InChI is InChI=1S/C49H77N5O8.CO2/c1-12-34(6)47(41(62-11)31-45(59)53-29-19-22-39(53)35(7)36(8)48(60)50-27-26-37-20-15-13-16-21-37)52(10)49(61)38(32(2)3)30-40(55)46(33(4)5)51(9)42(56)23-17-14-18-28-54-43(57)24-25-44(54)58;2-1-3/h13,15-16,20-21,24-25,32-36,38-39,41,46-47H,12,14,17-19,22-23,26-31H2,1-11H3,(H,50,60);/t34-,35+,36+,38-,39-,41+,46-,47-;/m0./s1. The Morgan fingerprint density at radius 2 is 1.48 bits per heavy atom. The van der Waals surface area contributed by atoms with E-state index in [1.165, 1.54) is 22.0 Å². The number of rotatable bonds is 26. The van der Waals surface area contributed by atoms with Gasteiger partial charge in [0, 0.05) is 83.7 Å². The largest absolute Gasteiger partial charge is 0.379 e. The van der Waals surface area contributed by atoms with Gasteiger partial charge in [0.1, 0.15) is 0 Å². The number of hydrogen-bond acceptors (Lipinski definition) is 10. The summed E-state index contributed by atoms with van der Waals surface area (Å²) in [6.45, 7) is 17.2. The van der Waals surface area contributed by atoms with Crippen LogP contribution in [0.15, 0.2) is 42.5 Å². The summed E-state index contributed by atoms with van der Waals surface area (Å²) in [5.41, 5.74) is 1.16. The van der Waals surface area contributed by atoms with Crippen molar-refractivity contribution in [1.82, 2.24) is 24.9 Å². The zero-order valence-corrected chi connectivity index (χ0v) is 40.9. The normalized spacial score (nSPS) is 18.0. The van der Waals surface area contributed by atoms with Crippen molar-refractivity contribution in [3.63, 3.8) is 0 Å². The number of ketones is 1. The highest BCUT2D eigenvalue weighted by Crippen LogP contribution is 2.32. The van der Waals surface area contributed by atoms with Crippen LogP contribution >= 0.6 is 0 Å². The van der Waals surface area contributed by atoms with E-state index in [0.717, 1.165) is 31.2 Å². The minimum absolute atomic E-state index is 0.0200. The molecule has 6 amide bonds. The highest BCUT2D eigenvalue weighted by molar-refractivity contribution is 6.12. The van der Waals surface area contributed by atoms with E-state index in [1.54, 1.807) is 26.1 Å². The van der Waals surface area contributed by atoms with E-state index in [2.05, 4.69) is 19.2 Å². The van der Waals surface area contributed by atoms with E-state index in [0.29, 0.717) is 38.9 Å². The number of likely N-dealkylation sites (tertiary alicyclic amines) is 1. The van der Waals surface area contributed by atoms with Gasteiger partial charge in [-0.05, 0) is 61.3 Å². The molecular weight excluding hydrogens is 831 g/mol. The van der Waals surface area contributed by atoms with Crippen molar-refractivity contribution >= 4 is 47.4 Å². The number of likely N-dealkylation sites (N-methyl/N-ethyl adjacent to an activating group) is 2. The van der Waals surface area contributed by atoms with Gasteiger partial charge >= 0.3 is 6.15 Å². The van der Waals surface area contributed by atoms with Gasteiger partial charge in [0.2, 0.25) is 23.6 Å². The van der Waals surface area contributed by atoms with Gasteiger partial charge in [-0.25, -0.2) is 0 Å². The Hall–Kier alpha value is -5.01. The van der Waals surface area contributed by atoms with E-state index in [9.17, 15) is 33.6 Å². The molecule has 2 aliphatic rings. The molecule has 1 aromatic carbocycles. The van der Waals surface area contributed by atoms with Crippen LogP contribution in [0, 0.1) is 35.5 Å². The molecule has 0 aliphatic carbocycles. The average molecular weight is 908 g/mol. The van der Waals surface area contributed by atoms with Gasteiger partial charge in [-0.2, -0.15) is 9.59 Å². The molecule has 1 aromatic rings. The van der Waals surface area contributed by atoms with Gasteiger partial charge in [-0.1, -0.05) is 98.6 Å². The lowest BCUT2D eigenvalue weighted by Crippen LogP contribution is -2.54. The number of carbonyl (C=O) groups excluding carboxylic acids is 9. The van der Waals surface area contributed by atoms with E-state index >= 15 is 0 Å². The number of carbonyl (C=O) groups is 7. The number of ether oxygens (including phenoxy) is 1. The SMILES string of the molecule is CC[C@H](C)[C@@H]([C@@H](CC(=O)N1CCC[C@H]1[C@H](C)[C@@H](C)C(=O)NCCc1ccccc1)OC)N(C)C(=O)[C@@H](CC(=O)[C@H](C(C)C)N(C)C(=O)CCCCCN1C(=O)C=CC1=O)C(C)C.O=C=O. The molecule has 2 aliphatic heterocycles. The second-order valence-electron chi connectivity index (χ2n) is 18.5. The molecule has 3 rings (SSSR count). The number of nitrogens with one attached hydrogen (secondary N) is 1. The molecular formula is C50H77N5O10. The molecule has 0 bridgehead atoms. The maximum atomic E-state index is 14.6. The zero-order valence-electron chi connectivity index (χ0n) is 40.9. The van der Waals surface area contributed by atoms with Crippen molar-refractivity contribution in [2.75, 3.05) is 40.8 Å². The minimum Gasteiger partial charge on any atom is -0.379 e. The van der Waals surface area contributed by atoms with Crippen LogP contribution in [-0.2, 0) is 54.3 Å². The maximum Gasteiger partial charge on any atom is 0.373 e. The molecule has 1 saturated heterocycles. The zero-order chi connectivity index (χ0) is 49.0. The first kappa shape index (κ1) is 56.1. The summed E-state index contributed by atoms with van der Waals surface area (Å²) in [6, 6.07) is 8.77. The summed E-state index contributed by atoms with van der Waals surface area (Å²) in [4.78, 5) is 116. The van der Waals surface area contributed by atoms with Crippen molar-refractivity contribution in [3.05, 3.63) is 48.0 Å². The number of nitrogens with zero attached hydrogens (tertiary/aromatic N) is 4. The third-order valence-corrected chi connectivity index (χ3v) is 13.6. The Morgan fingerprint density at radius 1 is 0.862 bits per heavy atom. The van der Waals surface area contributed by atoms with Crippen molar-refractivity contribution in [3.8, 4) is 0 Å². The van der Waals surface area contributed by atoms with E-state index in [1.807, 2.05) is 76.8 Å². The van der Waals surface area contributed by atoms with Crippen LogP contribution in [0.3, 0.4) is 0 Å². The maximum absolute atomic E-state index is 14.6. The van der Waals surface area contributed by atoms with Crippen molar-refractivity contribution in [2.24, 2.45) is 35.5 Å². The first-order chi connectivity index (χ1) is 30.8. The number of hydrogen-bond donors (Lipinski definition) is 1. The second kappa shape index (κ2) is 28.1. The number of imide groups is 1. The molecule has 2 heterocycles. The lowest BCUT2D eigenvalue weighted by atomic mass is 9.83. The smallest absolute Gasteiger partial charge is 0.373 e. The number of amides is 6. The molecule has 0 unspecified atom stereocenters. The average Bonchev–Trinajstić information content (AvgIpc) is 3.90. The molecule has 0 radical (unpaired) electrons. The molecule has 8 atom stereocenters. The monoisotopic (exact) mass is 908 g/mol. The van der Waals surface area contributed by atoms with Gasteiger partial charge < -0.3 is 24.8 Å². The Kier molecular flexibility index (Phi) is 24.3. The molecule has 0 saturated carbocycles. The van der Waals surface area contributed by atoms with Crippen LogP contribution in [0.2, 0.25) is 0 Å². The molecule has 0 spiro atoms. The Bertz CT molecular complexity index is 1780. The lowest BCUT2D eigenvalue weighted by molar-refractivity contribution is -0.192. The Labute approximate surface area is 387 Å². The van der Waals surface area contributed by atoms with Gasteiger partial charge in [0.05, 0.1) is 24.6 Å². The summed E-state index contributed by atoms with van der Waals surface area (Å²) in [7, 11) is 4.97. The summed E-state index contributed by atoms with van der Waals surface area (Å²) in [5.74, 6) is -2.70. The second-order valence-corrected chi connectivity index (χ2v) is 18.5. The molecule has 15 heteroatoms. The lowest BCUT2D eigenvalue weighted by Gasteiger charge is -2.41. The molecule has 0 aromatic heterocycles. The van der Waals surface area contributed by atoms with Crippen LogP contribution in [0.25, 0.3) is 0 Å². The summed E-state index contributed by atoms with van der Waals surface area (Å²) in [5, 5.41) is 3.09. The predicted octanol–water partition coefficient (Wildman–Crippen LogP) is 5.50. The topological polar surface area (TPSA) is 188 Å². The fourth-order valence-electron chi connectivity index (χ4n) is 9.32. The first-order valence-corrected chi connectivity index (χ1v) is 23.5. The number of methoxy groups -OCH3 is 1. The van der Waals surface area contributed by atoms with Crippen molar-refractivity contribution in [2.45, 2.75) is 144 Å². The van der Waals surface area contributed by atoms with E-state index < -0.39 is 24.1 Å². The van der Waals surface area contributed by atoms with Crippen LogP contribution in [0.5, 0.6) is 0 Å². The van der Waals surface area contributed by atoms with Crippen LogP contribution < -0.4 is 5.32 Å². The highest BCUT2D eigenvalue weighted by atomic mass is 16.5. The molecule has 1 fully saturated rings. The quantitative estimate of drug-likeness (QED) is 0.0919. The van der Waals surface area contributed by atoms with Gasteiger partial charge in [0.25, 0.3) is 11.8 Å². The third kappa shape index (κ3) is 16.4. The third-order valence-electron chi connectivity index (χ3n) is 13.6. The van der Waals surface area contributed by atoms with Crippen LogP contribution in [0.1, 0.15) is 119 Å². The first-order valence-electron chi connectivity index (χ1n) is 23.5. The summed E-state index contributed by atoms with van der Waals surface area (Å²) < 4.78 is 6.08. The Morgan fingerprint density at radius 3 is 2.03 bits per heavy atom. The summed E-state index contributed by atoms with van der Waals surface area (Å²) in [6.07, 6.45) is 7.32. The highest BCUT2D eigenvalue weighted by Gasteiger charge is 2.42. The fraction of sp³-hybridized carbons (Fsp3) is 0.680. The molecule has 1 N–H and O–H groups in total. The van der Waals surface area contributed by atoms with Gasteiger partial charge in [0.15, 0.2) is 5.78 Å².